The normalized spacial score (nSPS) is 17.1. The predicted molar refractivity (Wildman–Crippen MR) is 105 cm³/mol. The largest absolute Gasteiger partial charge is 0.310 e. The van der Waals surface area contributed by atoms with E-state index in [2.05, 4.69) is 16.8 Å². The van der Waals surface area contributed by atoms with Crippen LogP contribution in [0.3, 0.4) is 0 Å². The van der Waals surface area contributed by atoms with Crippen LogP contribution in [0.5, 0.6) is 0 Å². The van der Waals surface area contributed by atoms with E-state index in [9.17, 15) is 4.79 Å². The van der Waals surface area contributed by atoms with Gasteiger partial charge in [0.25, 0.3) is 0 Å². The maximum Gasteiger partial charge on any atom is 0.235 e. The van der Waals surface area contributed by atoms with Crippen LogP contribution in [0.2, 0.25) is 5.02 Å². The zero-order chi connectivity index (χ0) is 17.6. The van der Waals surface area contributed by atoms with Gasteiger partial charge in [-0.1, -0.05) is 23.7 Å². The first-order valence-electron chi connectivity index (χ1n) is 7.86. The maximum absolute atomic E-state index is 12.3. The van der Waals surface area contributed by atoms with Crippen LogP contribution in [0.15, 0.2) is 35.7 Å². The van der Waals surface area contributed by atoms with Gasteiger partial charge in [-0.05, 0) is 43.0 Å². The number of nitrogens with zero attached hydrogens (tertiary/aromatic N) is 2. The van der Waals surface area contributed by atoms with Gasteiger partial charge in [0.2, 0.25) is 5.91 Å². The van der Waals surface area contributed by atoms with Crippen LogP contribution in [-0.4, -0.2) is 21.4 Å². The summed E-state index contributed by atoms with van der Waals surface area (Å²) in [7, 11) is 0. The van der Waals surface area contributed by atoms with E-state index >= 15 is 0 Å². The fourth-order valence-corrected chi connectivity index (χ4v) is 5.38. The highest BCUT2D eigenvalue weighted by Gasteiger charge is 2.31. The molecule has 1 N–H and O–H groups in total. The number of hydrogen-bond acceptors (Lipinski definition) is 4. The molecule has 7 heteroatoms. The summed E-state index contributed by atoms with van der Waals surface area (Å²) in [5, 5.41) is 10.6. The summed E-state index contributed by atoms with van der Waals surface area (Å²) in [6, 6.07) is 9.89. The van der Waals surface area contributed by atoms with E-state index in [1.807, 2.05) is 42.8 Å². The lowest BCUT2D eigenvalue weighted by molar-refractivity contribution is -0.113. The highest BCUT2D eigenvalue weighted by molar-refractivity contribution is 8.00. The number of benzene rings is 1. The molecule has 1 aliphatic rings. The quantitative estimate of drug-likeness (QED) is 0.672. The zero-order valence-electron chi connectivity index (χ0n) is 13.7. The van der Waals surface area contributed by atoms with Gasteiger partial charge in [-0.2, -0.15) is 5.10 Å². The number of thiophene rings is 1. The van der Waals surface area contributed by atoms with Crippen molar-refractivity contribution in [1.29, 1.82) is 0 Å². The molecule has 1 atom stereocenters. The van der Waals surface area contributed by atoms with Crippen LogP contribution in [0, 0.1) is 13.8 Å². The molecule has 0 radical (unpaired) electrons. The standard InChI is InChI=1S/C18H16ClN3OS2/c1-10-12(19)5-3-6-13(10)22-18-16(11(2)21-22)17(14-7-4-8-24-14)25-9-15(23)20-18/h3-8,17H,9H2,1-2H3,(H,20,23). The van der Waals surface area contributed by atoms with E-state index in [1.54, 1.807) is 23.1 Å². The van der Waals surface area contributed by atoms with E-state index in [0.29, 0.717) is 10.8 Å². The van der Waals surface area contributed by atoms with E-state index in [4.69, 9.17) is 16.7 Å². The molecule has 1 unspecified atom stereocenters. The second-order valence-electron chi connectivity index (χ2n) is 5.90. The first-order valence-corrected chi connectivity index (χ1v) is 10.2. The molecule has 128 valence electrons. The van der Waals surface area contributed by atoms with Gasteiger partial charge >= 0.3 is 0 Å². The van der Waals surface area contributed by atoms with E-state index in [0.717, 1.165) is 28.3 Å². The van der Waals surface area contributed by atoms with Crippen molar-refractivity contribution < 1.29 is 4.79 Å². The number of anilines is 1. The number of hydrogen-bond donors (Lipinski definition) is 1. The van der Waals surface area contributed by atoms with Crippen molar-refractivity contribution in [3.05, 3.63) is 62.4 Å². The molecule has 0 saturated heterocycles. The van der Waals surface area contributed by atoms with E-state index in [1.165, 1.54) is 4.88 Å². The number of thioether (sulfide) groups is 1. The minimum atomic E-state index is -0.00821. The molecular formula is C18H16ClN3OS2. The molecule has 2 aromatic heterocycles. The average Bonchev–Trinajstić information content (AvgIpc) is 3.17. The average molecular weight is 390 g/mol. The number of halogens is 1. The molecule has 3 aromatic rings. The summed E-state index contributed by atoms with van der Waals surface area (Å²) >= 11 is 9.64. The van der Waals surface area contributed by atoms with Crippen LogP contribution in [0.1, 0.15) is 26.9 Å². The third-order valence-electron chi connectivity index (χ3n) is 4.28. The summed E-state index contributed by atoms with van der Waals surface area (Å²) in [6.45, 7) is 3.96. The highest BCUT2D eigenvalue weighted by Crippen LogP contribution is 2.45. The third-order valence-corrected chi connectivity index (χ3v) is 7.02. The van der Waals surface area contributed by atoms with Gasteiger partial charge in [-0.3, -0.25) is 4.79 Å². The molecule has 1 amide bonds. The van der Waals surface area contributed by atoms with Crippen molar-refractivity contribution in [2.24, 2.45) is 0 Å². The Morgan fingerprint density at radius 3 is 2.88 bits per heavy atom. The number of nitrogens with one attached hydrogen (secondary N) is 1. The molecule has 1 aromatic carbocycles. The van der Waals surface area contributed by atoms with Gasteiger partial charge in [-0.15, -0.1) is 23.1 Å². The Balaban J connectivity index is 1.94. The first kappa shape index (κ1) is 16.7. The fraction of sp³-hybridized carbons (Fsp3) is 0.222. The van der Waals surface area contributed by atoms with Crippen molar-refractivity contribution in [2.75, 3.05) is 11.1 Å². The Labute approximate surface area is 159 Å². The van der Waals surface area contributed by atoms with E-state index < -0.39 is 0 Å². The number of carbonyl (C=O) groups excluding carboxylic acids is 1. The number of fused-ring (bicyclic) bond motifs is 1. The Hall–Kier alpha value is -1.76. The number of aryl methyl sites for hydroxylation is 1. The summed E-state index contributed by atoms with van der Waals surface area (Å²) in [4.78, 5) is 13.5. The molecule has 0 saturated carbocycles. The molecule has 1 aliphatic heterocycles. The van der Waals surface area contributed by atoms with Gasteiger partial charge < -0.3 is 5.32 Å². The van der Waals surface area contributed by atoms with Gasteiger partial charge in [0.05, 0.1) is 22.4 Å². The summed E-state index contributed by atoms with van der Waals surface area (Å²) in [6.07, 6.45) is 0. The lowest BCUT2D eigenvalue weighted by atomic mass is 10.1. The summed E-state index contributed by atoms with van der Waals surface area (Å²) in [5.41, 5.74) is 3.81. The molecule has 3 heterocycles. The lowest BCUT2D eigenvalue weighted by Gasteiger charge is -2.14. The molecule has 0 fully saturated rings. The van der Waals surface area contributed by atoms with Gasteiger partial charge in [0.1, 0.15) is 5.82 Å². The second kappa shape index (κ2) is 6.52. The minimum Gasteiger partial charge on any atom is -0.310 e. The minimum absolute atomic E-state index is 0.00821. The van der Waals surface area contributed by atoms with Crippen LogP contribution in [-0.2, 0) is 4.79 Å². The Morgan fingerprint density at radius 2 is 2.12 bits per heavy atom. The number of carbonyl (C=O) groups is 1. The van der Waals surface area contributed by atoms with Crippen LogP contribution in [0.4, 0.5) is 5.82 Å². The molecule has 4 rings (SSSR count). The summed E-state index contributed by atoms with van der Waals surface area (Å²) < 4.78 is 1.82. The Bertz CT molecular complexity index is 950. The Kier molecular flexibility index (Phi) is 4.35. The highest BCUT2D eigenvalue weighted by atomic mass is 35.5. The maximum atomic E-state index is 12.3. The van der Waals surface area contributed by atoms with Gasteiger partial charge in [0, 0.05) is 15.5 Å². The fourth-order valence-electron chi connectivity index (χ4n) is 3.05. The van der Waals surface area contributed by atoms with E-state index in [-0.39, 0.29) is 11.2 Å². The lowest BCUT2D eigenvalue weighted by Crippen LogP contribution is -2.16. The van der Waals surface area contributed by atoms with Crippen molar-refractivity contribution in [1.82, 2.24) is 9.78 Å². The summed E-state index contributed by atoms with van der Waals surface area (Å²) in [5.74, 6) is 1.16. The van der Waals surface area contributed by atoms with Gasteiger partial charge in [0.15, 0.2) is 0 Å². The van der Waals surface area contributed by atoms with Gasteiger partial charge in [-0.25, -0.2) is 4.68 Å². The van der Waals surface area contributed by atoms with Crippen molar-refractivity contribution in [3.8, 4) is 5.69 Å². The van der Waals surface area contributed by atoms with Crippen molar-refractivity contribution in [2.45, 2.75) is 19.1 Å². The van der Waals surface area contributed by atoms with Crippen molar-refractivity contribution in [3.63, 3.8) is 0 Å². The monoisotopic (exact) mass is 389 g/mol. The van der Waals surface area contributed by atoms with Crippen LogP contribution >= 0.6 is 34.7 Å². The Morgan fingerprint density at radius 1 is 1.28 bits per heavy atom. The third kappa shape index (κ3) is 2.88. The number of rotatable bonds is 2. The molecule has 0 bridgehead atoms. The SMILES string of the molecule is Cc1nn(-c2cccc(Cl)c2C)c2c1C(c1cccs1)SCC(=O)N2. The molecule has 4 nitrogen and oxygen atoms in total. The first-order chi connectivity index (χ1) is 12.1. The van der Waals surface area contributed by atoms with Crippen LogP contribution in [0.25, 0.3) is 5.69 Å². The smallest absolute Gasteiger partial charge is 0.235 e. The molecule has 0 aliphatic carbocycles. The number of amides is 1. The van der Waals surface area contributed by atoms with Crippen LogP contribution < -0.4 is 5.32 Å². The van der Waals surface area contributed by atoms with Crippen molar-refractivity contribution >= 4 is 46.4 Å². The number of aromatic nitrogens is 2. The predicted octanol–water partition coefficient (Wildman–Crippen LogP) is 4.98. The molecular weight excluding hydrogens is 374 g/mol. The molecule has 0 spiro atoms. The second-order valence-corrected chi connectivity index (χ2v) is 8.38. The zero-order valence-corrected chi connectivity index (χ0v) is 16.1. The topological polar surface area (TPSA) is 46.9 Å². The molecule has 25 heavy (non-hydrogen) atoms.